The van der Waals surface area contributed by atoms with Crippen LogP contribution in [0, 0.1) is 5.92 Å². The summed E-state index contributed by atoms with van der Waals surface area (Å²) in [6.45, 7) is 5.23. The van der Waals surface area contributed by atoms with Crippen molar-refractivity contribution >= 4 is 21.9 Å². The summed E-state index contributed by atoms with van der Waals surface area (Å²) in [5, 5.41) is 1.14. The smallest absolute Gasteiger partial charge is 0.305 e. The predicted octanol–water partition coefficient (Wildman–Crippen LogP) is 11.7. The third kappa shape index (κ3) is 28.4. The summed E-state index contributed by atoms with van der Waals surface area (Å²) in [4.78, 5) is 12.3. The molecule has 0 spiro atoms. The Kier molecular flexibility index (Phi) is 30.1. The van der Waals surface area contributed by atoms with Crippen molar-refractivity contribution in [1.82, 2.24) is 0 Å². The van der Waals surface area contributed by atoms with Gasteiger partial charge in [-0.2, -0.15) is 0 Å². The Morgan fingerprint density at radius 3 is 1.34 bits per heavy atom. The van der Waals surface area contributed by atoms with Crippen LogP contribution in [0.4, 0.5) is 0 Å². The zero-order chi connectivity index (χ0) is 25.7. The summed E-state index contributed by atoms with van der Waals surface area (Å²) in [6.07, 6.45) is 33.7. The molecule has 0 aromatic rings. The lowest BCUT2D eigenvalue weighted by atomic mass is 9.94. The molecule has 2 nitrogen and oxygen atoms in total. The molecule has 1 atom stereocenters. The number of rotatable bonds is 29. The molecule has 3 heteroatoms. The molecule has 0 aliphatic heterocycles. The zero-order valence-electron chi connectivity index (χ0n) is 24.1. The summed E-state index contributed by atoms with van der Waals surface area (Å²) in [5.41, 5.74) is 0. The number of esters is 1. The number of hydrogen-bond donors (Lipinski definition) is 0. The van der Waals surface area contributed by atoms with Gasteiger partial charge in [-0.25, -0.2) is 0 Å². The second kappa shape index (κ2) is 30.2. The molecule has 1 unspecified atom stereocenters. The Morgan fingerprint density at radius 1 is 0.543 bits per heavy atom. The standard InChI is InChI=1S/C32H63BrO2/c1-3-5-7-9-11-15-19-23-27-31(26-22-18-10-8-6-4-2)30-35-32(34)28-24-20-16-13-12-14-17-21-25-29-33/h31H,3-30H2,1-2H3. The molecule has 0 fully saturated rings. The van der Waals surface area contributed by atoms with Gasteiger partial charge in [-0.05, 0) is 31.6 Å². The van der Waals surface area contributed by atoms with Crippen LogP contribution in [0.2, 0.25) is 0 Å². The maximum Gasteiger partial charge on any atom is 0.305 e. The lowest BCUT2D eigenvalue weighted by Gasteiger charge is -2.17. The molecule has 35 heavy (non-hydrogen) atoms. The monoisotopic (exact) mass is 558 g/mol. The van der Waals surface area contributed by atoms with Crippen LogP contribution >= 0.6 is 15.9 Å². The minimum absolute atomic E-state index is 0.0450. The van der Waals surface area contributed by atoms with E-state index < -0.39 is 0 Å². The maximum absolute atomic E-state index is 12.3. The van der Waals surface area contributed by atoms with Crippen molar-refractivity contribution in [2.75, 3.05) is 11.9 Å². The highest BCUT2D eigenvalue weighted by Gasteiger charge is 2.12. The second-order valence-electron chi connectivity index (χ2n) is 11.0. The van der Waals surface area contributed by atoms with Gasteiger partial charge in [0.25, 0.3) is 0 Å². The second-order valence-corrected chi connectivity index (χ2v) is 11.8. The topological polar surface area (TPSA) is 26.3 Å². The van der Waals surface area contributed by atoms with Crippen molar-refractivity contribution in [2.45, 2.75) is 181 Å². The Morgan fingerprint density at radius 2 is 0.914 bits per heavy atom. The van der Waals surface area contributed by atoms with Gasteiger partial charge in [-0.15, -0.1) is 0 Å². The summed E-state index contributed by atoms with van der Waals surface area (Å²) in [6, 6.07) is 0. The largest absolute Gasteiger partial charge is 0.465 e. The number of carbonyl (C=O) groups is 1. The van der Waals surface area contributed by atoms with Crippen LogP contribution in [0.1, 0.15) is 181 Å². The first-order chi connectivity index (χ1) is 17.2. The number of unbranched alkanes of at least 4 members (excludes halogenated alkanes) is 20. The quantitative estimate of drug-likeness (QED) is 0.0517. The minimum Gasteiger partial charge on any atom is -0.465 e. The van der Waals surface area contributed by atoms with E-state index in [9.17, 15) is 4.79 Å². The molecule has 0 radical (unpaired) electrons. The third-order valence-corrected chi connectivity index (χ3v) is 7.99. The van der Waals surface area contributed by atoms with Crippen LogP contribution in [-0.4, -0.2) is 17.9 Å². The van der Waals surface area contributed by atoms with Gasteiger partial charge in [0.05, 0.1) is 6.61 Å². The van der Waals surface area contributed by atoms with E-state index >= 15 is 0 Å². The lowest BCUT2D eigenvalue weighted by molar-refractivity contribution is -0.145. The summed E-state index contributed by atoms with van der Waals surface area (Å²) >= 11 is 3.50. The first-order valence-corrected chi connectivity index (χ1v) is 17.1. The molecule has 0 rings (SSSR count). The van der Waals surface area contributed by atoms with Crippen molar-refractivity contribution in [2.24, 2.45) is 5.92 Å². The Balaban J connectivity index is 3.92. The highest BCUT2D eigenvalue weighted by Crippen LogP contribution is 2.20. The van der Waals surface area contributed by atoms with Gasteiger partial charge in [-0.1, -0.05) is 165 Å². The van der Waals surface area contributed by atoms with Crippen molar-refractivity contribution < 1.29 is 9.53 Å². The van der Waals surface area contributed by atoms with E-state index in [1.807, 2.05) is 0 Å². The SMILES string of the molecule is CCCCCCCCCCC(CCCCCCCC)COC(=O)CCCCCCCCCCCBr. The van der Waals surface area contributed by atoms with E-state index in [2.05, 4.69) is 29.8 Å². The van der Waals surface area contributed by atoms with Gasteiger partial charge in [0, 0.05) is 11.8 Å². The molecule has 0 bridgehead atoms. The molecule has 0 saturated carbocycles. The van der Waals surface area contributed by atoms with E-state index in [4.69, 9.17) is 4.74 Å². The number of halogens is 1. The zero-order valence-corrected chi connectivity index (χ0v) is 25.7. The van der Waals surface area contributed by atoms with E-state index in [1.54, 1.807) is 0 Å². The molecule has 0 heterocycles. The van der Waals surface area contributed by atoms with Gasteiger partial charge in [0.15, 0.2) is 0 Å². The molecular formula is C32H63BrO2. The van der Waals surface area contributed by atoms with E-state index in [0.717, 1.165) is 11.8 Å². The summed E-state index contributed by atoms with van der Waals surface area (Å²) in [7, 11) is 0. The number of ether oxygens (including phenoxy) is 1. The fraction of sp³-hybridized carbons (Fsp3) is 0.969. The predicted molar refractivity (Wildman–Crippen MR) is 160 cm³/mol. The van der Waals surface area contributed by atoms with Gasteiger partial charge in [0.2, 0.25) is 0 Å². The van der Waals surface area contributed by atoms with E-state index in [0.29, 0.717) is 18.9 Å². The normalized spacial score (nSPS) is 12.2. The first kappa shape index (κ1) is 35.0. The summed E-state index contributed by atoms with van der Waals surface area (Å²) < 4.78 is 5.76. The molecule has 0 aliphatic carbocycles. The van der Waals surface area contributed by atoms with Crippen molar-refractivity contribution in [3.8, 4) is 0 Å². The van der Waals surface area contributed by atoms with Crippen LogP contribution in [0.5, 0.6) is 0 Å². The molecule has 0 aromatic carbocycles. The van der Waals surface area contributed by atoms with Gasteiger partial charge in [-0.3, -0.25) is 4.79 Å². The maximum atomic E-state index is 12.3. The van der Waals surface area contributed by atoms with Crippen molar-refractivity contribution in [3.05, 3.63) is 0 Å². The Hall–Kier alpha value is -0.0500. The number of alkyl halides is 1. The van der Waals surface area contributed by atoms with Crippen LogP contribution in [0.3, 0.4) is 0 Å². The van der Waals surface area contributed by atoms with Gasteiger partial charge >= 0.3 is 5.97 Å². The van der Waals surface area contributed by atoms with Crippen LogP contribution in [-0.2, 0) is 9.53 Å². The molecule has 0 aliphatic rings. The molecule has 0 aromatic heterocycles. The minimum atomic E-state index is 0.0450. The van der Waals surface area contributed by atoms with Crippen LogP contribution in [0.25, 0.3) is 0 Å². The molecule has 0 N–H and O–H groups in total. The fourth-order valence-corrected chi connectivity index (χ4v) is 5.37. The van der Waals surface area contributed by atoms with Crippen LogP contribution < -0.4 is 0 Å². The lowest BCUT2D eigenvalue weighted by Crippen LogP contribution is -2.14. The molecule has 0 saturated heterocycles. The van der Waals surface area contributed by atoms with Crippen molar-refractivity contribution in [3.63, 3.8) is 0 Å². The Labute approximate surface area is 229 Å². The third-order valence-electron chi connectivity index (χ3n) is 7.43. The molecule has 210 valence electrons. The average molecular weight is 560 g/mol. The van der Waals surface area contributed by atoms with Gasteiger partial charge in [0.1, 0.15) is 0 Å². The van der Waals surface area contributed by atoms with Crippen LogP contribution in [0.15, 0.2) is 0 Å². The van der Waals surface area contributed by atoms with Crippen molar-refractivity contribution in [1.29, 1.82) is 0 Å². The highest BCUT2D eigenvalue weighted by molar-refractivity contribution is 9.09. The number of hydrogen-bond acceptors (Lipinski definition) is 2. The highest BCUT2D eigenvalue weighted by atomic mass is 79.9. The van der Waals surface area contributed by atoms with E-state index in [1.165, 1.54) is 154 Å². The molecule has 0 amide bonds. The fourth-order valence-electron chi connectivity index (χ4n) is 4.98. The Bertz CT molecular complexity index is 412. The van der Waals surface area contributed by atoms with E-state index in [-0.39, 0.29) is 5.97 Å². The first-order valence-electron chi connectivity index (χ1n) is 16.0. The summed E-state index contributed by atoms with van der Waals surface area (Å²) in [5.74, 6) is 0.624. The molecular weight excluding hydrogens is 496 g/mol. The van der Waals surface area contributed by atoms with Gasteiger partial charge < -0.3 is 4.74 Å². The average Bonchev–Trinajstić information content (AvgIpc) is 2.86. The number of carbonyl (C=O) groups excluding carboxylic acids is 1.